The average Bonchev–Trinajstić information content (AvgIpc) is 2.92. The molecule has 0 aliphatic carbocycles. The Balaban J connectivity index is 3.35. The van der Waals surface area contributed by atoms with Gasteiger partial charge in [0.2, 0.25) is 5.24 Å². The van der Waals surface area contributed by atoms with Crippen LogP contribution in [0.15, 0.2) is 48.6 Å². The first-order valence-corrected chi connectivity index (χ1v) is 16.8. The molecule has 0 N–H and O–H groups in total. The maximum Gasteiger partial charge on any atom is 0.221 e. The van der Waals surface area contributed by atoms with Crippen molar-refractivity contribution in [2.45, 2.75) is 167 Å². The van der Waals surface area contributed by atoms with Gasteiger partial charge in [0, 0.05) is 19.3 Å². The summed E-state index contributed by atoms with van der Waals surface area (Å²) in [5, 5.41) is -0.209. The van der Waals surface area contributed by atoms with Crippen LogP contribution in [0, 0.1) is 0 Å². The number of carbonyl (C=O) groups excluding carboxylic acids is 2. The van der Waals surface area contributed by atoms with E-state index < -0.39 is 0 Å². The number of halogens is 1. The molecule has 0 aliphatic heterocycles. The number of Topliss-reactive ketones (excluding diaryl/α,β-unsaturated/α-hetero) is 1. The van der Waals surface area contributed by atoms with Gasteiger partial charge in [0.25, 0.3) is 0 Å². The largest absolute Gasteiger partial charge is 0.300 e. The molecule has 0 amide bonds. The van der Waals surface area contributed by atoms with Crippen LogP contribution in [-0.4, -0.2) is 11.0 Å². The molecule has 2 nitrogen and oxygen atoms in total. The zero-order valence-electron chi connectivity index (χ0n) is 25.5. The van der Waals surface area contributed by atoms with Crippen LogP contribution in [0.5, 0.6) is 0 Å². The molecule has 0 spiro atoms. The Morgan fingerprint density at radius 2 is 0.769 bits per heavy atom. The first-order chi connectivity index (χ1) is 19.2. The minimum atomic E-state index is -0.209. The van der Waals surface area contributed by atoms with E-state index in [0.717, 1.165) is 70.6 Å². The van der Waals surface area contributed by atoms with Crippen LogP contribution in [0.2, 0.25) is 0 Å². The molecule has 0 aromatic carbocycles. The van der Waals surface area contributed by atoms with Gasteiger partial charge in [0.15, 0.2) is 0 Å². The summed E-state index contributed by atoms with van der Waals surface area (Å²) >= 11 is 5.34. The lowest BCUT2D eigenvalue weighted by Crippen LogP contribution is -1.97. The van der Waals surface area contributed by atoms with Gasteiger partial charge in [-0.1, -0.05) is 113 Å². The van der Waals surface area contributed by atoms with Crippen LogP contribution >= 0.6 is 11.6 Å². The van der Waals surface area contributed by atoms with Crippen molar-refractivity contribution in [3.8, 4) is 0 Å². The molecule has 0 aliphatic rings. The molecular weight excluding hydrogens is 500 g/mol. The Bertz CT molecular complexity index is 659. The Hall–Kier alpha value is -1.41. The van der Waals surface area contributed by atoms with Crippen molar-refractivity contribution < 1.29 is 9.59 Å². The van der Waals surface area contributed by atoms with Crippen LogP contribution < -0.4 is 0 Å². The third-order valence-electron chi connectivity index (χ3n) is 7.08. The van der Waals surface area contributed by atoms with E-state index >= 15 is 0 Å². The molecule has 0 atom stereocenters. The van der Waals surface area contributed by atoms with Gasteiger partial charge in [-0.3, -0.25) is 9.59 Å². The van der Waals surface area contributed by atoms with Crippen LogP contribution in [0.1, 0.15) is 167 Å². The van der Waals surface area contributed by atoms with Gasteiger partial charge >= 0.3 is 0 Å². The molecule has 0 saturated heterocycles. The fraction of sp³-hybridized carbons (Fsp3) is 0.722. The normalized spacial score (nSPS) is 12.2. The van der Waals surface area contributed by atoms with Crippen LogP contribution in [0.4, 0.5) is 0 Å². The van der Waals surface area contributed by atoms with Gasteiger partial charge in [-0.15, -0.1) is 0 Å². The summed E-state index contributed by atoms with van der Waals surface area (Å²) in [6.07, 6.45) is 46.3. The van der Waals surface area contributed by atoms with Crippen LogP contribution in [0.25, 0.3) is 0 Å². The van der Waals surface area contributed by atoms with E-state index in [1.165, 1.54) is 83.5 Å². The van der Waals surface area contributed by atoms with Crippen molar-refractivity contribution in [3.05, 3.63) is 48.6 Å². The zero-order chi connectivity index (χ0) is 28.5. The summed E-state index contributed by atoms with van der Waals surface area (Å²) < 4.78 is 0. The fourth-order valence-electron chi connectivity index (χ4n) is 4.58. The van der Waals surface area contributed by atoms with Gasteiger partial charge in [-0.25, -0.2) is 0 Å². The Labute approximate surface area is 247 Å². The van der Waals surface area contributed by atoms with Gasteiger partial charge in [-0.2, -0.15) is 0 Å². The fourth-order valence-corrected chi connectivity index (χ4v) is 4.72. The molecule has 3 heteroatoms. The van der Waals surface area contributed by atoms with Crippen LogP contribution in [-0.2, 0) is 9.59 Å². The molecule has 0 aromatic rings. The van der Waals surface area contributed by atoms with Crippen LogP contribution in [0.3, 0.4) is 0 Å². The highest BCUT2D eigenvalue weighted by atomic mass is 35.5. The second kappa shape index (κ2) is 32.8. The van der Waals surface area contributed by atoms with E-state index in [1.54, 1.807) is 0 Å². The number of rotatable bonds is 30. The van der Waals surface area contributed by atoms with Gasteiger partial charge in [0.1, 0.15) is 5.78 Å². The second-order valence-electron chi connectivity index (χ2n) is 11.0. The summed E-state index contributed by atoms with van der Waals surface area (Å²) in [6, 6.07) is 0. The van der Waals surface area contributed by atoms with Gasteiger partial charge < -0.3 is 0 Å². The van der Waals surface area contributed by atoms with Crippen molar-refractivity contribution >= 4 is 22.6 Å². The average molecular weight is 561 g/mol. The monoisotopic (exact) mass is 560 g/mol. The van der Waals surface area contributed by atoms with Crippen molar-refractivity contribution in [3.63, 3.8) is 0 Å². The molecule has 0 unspecified atom stereocenters. The summed E-state index contributed by atoms with van der Waals surface area (Å²) in [5.74, 6) is 0.465. The lowest BCUT2D eigenvalue weighted by Gasteiger charge is -2.02. The predicted molar refractivity (Wildman–Crippen MR) is 174 cm³/mol. The minimum absolute atomic E-state index is 0.209. The Kier molecular flexibility index (Phi) is 31.6. The van der Waals surface area contributed by atoms with Gasteiger partial charge in [-0.05, 0) is 95.1 Å². The highest BCUT2D eigenvalue weighted by Gasteiger charge is 2.01. The molecule has 224 valence electrons. The summed E-state index contributed by atoms with van der Waals surface area (Å²) in [5.41, 5.74) is 0. The first-order valence-electron chi connectivity index (χ1n) is 16.5. The molecular formula is C36H61ClO2. The van der Waals surface area contributed by atoms with E-state index in [0.29, 0.717) is 12.2 Å². The number of unbranched alkanes of at least 4 members (excludes halogenated alkanes) is 16. The molecule has 39 heavy (non-hydrogen) atoms. The number of hydrogen-bond donors (Lipinski definition) is 0. The van der Waals surface area contributed by atoms with Gasteiger partial charge in [0.05, 0.1) is 0 Å². The summed E-state index contributed by atoms with van der Waals surface area (Å²) in [6.45, 7) is 2.25. The van der Waals surface area contributed by atoms with Crippen molar-refractivity contribution in [1.29, 1.82) is 0 Å². The molecule has 0 fully saturated rings. The smallest absolute Gasteiger partial charge is 0.221 e. The Morgan fingerprint density at radius 1 is 0.436 bits per heavy atom. The molecule has 0 saturated carbocycles. The molecule has 0 rings (SSSR count). The lowest BCUT2D eigenvalue weighted by atomic mass is 10.0. The third-order valence-corrected chi connectivity index (χ3v) is 7.27. The zero-order valence-corrected chi connectivity index (χ0v) is 26.2. The molecule has 0 radical (unpaired) electrons. The third kappa shape index (κ3) is 34.6. The molecule has 0 heterocycles. The summed E-state index contributed by atoms with van der Waals surface area (Å²) in [4.78, 5) is 22.8. The maximum atomic E-state index is 12.1. The number of carbonyl (C=O) groups is 2. The highest BCUT2D eigenvalue weighted by Crippen LogP contribution is 2.12. The van der Waals surface area contributed by atoms with E-state index in [1.807, 2.05) is 0 Å². The number of hydrogen-bond acceptors (Lipinski definition) is 2. The second-order valence-corrected chi connectivity index (χ2v) is 11.4. The van der Waals surface area contributed by atoms with Crippen molar-refractivity contribution in [2.24, 2.45) is 0 Å². The number of allylic oxidation sites excluding steroid dienone is 8. The highest BCUT2D eigenvalue weighted by molar-refractivity contribution is 6.63. The van der Waals surface area contributed by atoms with E-state index in [-0.39, 0.29) is 5.24 Å². The Morgan fingerprint density at radius 3 is 1.18 bits per heavy atom. The topological polar surface area (TPSA) is 34.1 Å². The standard InChI is InChI=1S/C36H61ClO2/c1-2-3-4-5-6-7-8-9-11-14-17-20-23-26-29-32-35(38)33-30-27-24-21-18-15-12-10-13-16-19-22-25-28-31-34-36(37)39/h6-7,9-11,13,15,18H,2-5,8,12,14,16-17,19-34H2,1H3/b7-6-,11-9-,13-10-,18-15-. The summed E-state index contributed by atoms with van der Waals surface area (Å²) in [7, 11) is 0. The van der Waals surface area contributed by atoms with Crippen molar-refractivity contribution in [1.82, 2.24) is 0 Å². The predicted octanol–water partition coefficient (Wildman–Crippen LogP) is 12.3. The lowest BCUT2D eigenvalue weighted by molar-refractivity contribution is -0.119. The molecule has 0 bridgehead atoms. The minimum Gasteiger partial charge on any atom is -0.300 e. The number of ketones is 1. The quantitative estimate of drug-likeness (QED) is 0.0497. The van der Waals surface area contributed by atoms with E-state index in [4.69, 9.17) is 11.6 Å². The SMILES string of the molecule is CCCCC/C=C\C/C=C\CCCCCCCC(=O)CCCCC/C=C\C/C=C\CCCCCCCC(=O)Cl. The molecule has 0 aromatic heterocycles. The van der Waals surface area contributed by atoms with Crippen molar-refractivity contribution in [2.75, 3.05) is 0 Å². The van der Waals surface area contributed by atoms with E-state index in [9.17, 15) is 9.59 Å². The van der Waals surface area contributed by atoms with E-state index in [2.05, 4.69) is 55.5 Å². The maximum absolute atomic E-state index is 12.1. The first kappa shape index (κ1) is 37.6.